The first-order chi connectivity index (χ1) is 9.58. The van der Waals surface area contributed by atoms with Gasteiger partial charge in [-0.2, -0.15) is 0 Å². The normalized spacial score (nSPS) is 16.2. The van der Waals surface area contributed by atoms with E-state index >= 15 is 0 Å². The van der Waals surface area contributed by atoms with Crippen molar-refractivity contribution < 1.29 is 14.7 Å². The summed E-state index contributed by atoms with van der Waals surface area (Å²) in [5.74, 6) is 0.385. The van der Waals surface area contributed by atoms with Gasteiger partial charge in [0, 0.05) is 26.6 Å². The lowest BCUT2D eigenvalue weighted by Gasteiger charge is -2.31. The number of rotatable bonds is 4. The Hall–Kier alpha value is -1.96. The van der Waals surface area contributed by atoms with Gasteiger partial charge in [0.2, 0.25) is 11.8 Å². The van der Waals surface area contributed by atoms with Crippen LogP contribution >= 0.6 is 0 Å². The van der Waals surface area contributed by atoms with E-state index in [4.69, 9.17) is 5.11 Å². The van der Waals surface area contributed by atoms with Crippen LogP contribution in [0.4, 0.5) is 5.82 Å². The Morgan fingerprint density at radius 1 is 1.45 bits per heavy atom. The quantitative estimate of drug-likeness (QED) is 0.772. The number of hydrogen-bond acceptors (Lipinski definition) is 5. The van der Waals surface area contributed by atoms with Gasteiger partial charge in [0.05, 0.1) is 6.20 Å². The van der Waals surface area contributed by atoms with Crippen molar-refractivity contribution in [1.29, 1.82) is 0 Å². The van der Waals surface area contributed by atoms with Crippen LogP contribution in [0.2, 0.25) is 0 Å². The van der Waals surface area contributed by atoms with E-state index in [1.807, 2.05) is 0 Å². The first kappa shape index (κ1) is 14.4. The maximum atomic E-state index is 12.1. The predicted molar refractivity (Wildman–Crippen MR) is 70.7 cm³/mol. The van der Waals surface area contributed by atoms with Crippen molar-refractivity contribution in [2.75, 3.05) is 25.0 Å². The lowest BCUT2D eigenvalue weighted by atomic mass is 9.98. The molecule has 1 aromatic rings. The number of hydrogen-bond donors (Lipinski definition) is 2. The molecule has 0 radical (unpaired) electrons. The van der Waals surface area contributed by atoms with Gasteiger partial charge in [-0.1, -0.05) is 5.21 Å². The molecule has 0 saturated carbocycles. The summed E-state index contributed by atoms with van der Waals surface area (Å²) in [4.78, 5) is 24.7. The van der Waals surface area contributed by atoms with E-state index in [9.17, 15) is 9.59 Å². The highest BCUT2D eigenvalue weighted by Gasteiger charge is 2.22. The van der Waals surface area contributed by atoms with Crippen LogP contribution in [0, 0.1) is 5.92 Å². The highest BCUT2D eigenvalue weighted by Crippen LogP contribution is 2.16. The summed E-state index contributed by atoms with van der Waals surface area (Å²) < 4.78 is 1.41. The highest BCUT2D eigenvalue weighted by atomic mass is 16.3. The molecule has 2 amide bonds. The molecule has 0 unspecified atom stereocenters. The summed E-state index contributed by atoms with van der Waals surface area (Å²) in [6.07, 6.45) is 3.19. The summed E-state index contributed by atoms with van der Waals surface area (Å²) >= 11 is 0. The monoisotopic (exact) mass is 281 g/mol. The fraction of sp³-hybridized carbons (Fsp3) is 0.667. The Morgan fingerprint density at radius 2 is 2.15 bits per heavy atom. The van der Waals surface area contributed by atoms with Gasteiger partial charge in [-0.15, -0.1) is 5.10 Å². The van der Waals surface area contributed by atoms with Gasteiger partial charge in [0.1, 0.15) is 6.54 Å². The molecular weight excluding hydrogens is 262 g/mol. The van der Waals surface area contributed by atoms with Gasteiger partial charge in [-0.25, -0.2) is 4.68 Å². The molecule has 0 aromatic carbocycles. The van der Waals surface area contributed by atoms with E-state index in [2.05, 4.69) is 15.6 Å². The van der Waals surface area contributed by atoms with Crippen molar-refractivity contribution in [1.82, 2.24) is 19.9 Å². The third-order valence-electron chi connectivity index (χ3n) is 3.37. The first-order valence-corrected chi connectivity index (χ1v) is 6.65. The van der Waals surface area contributed by atoms with Crippen LogP contribution in [0.15, 0.2) is 6.20 Å². The number of amides is 2. The maximum Gasteiger partial charge on any atom is 0.244 e. The van der Waals surface area contributed by atoms with Crippen LogP contribution < -0.4 is 5.32 Å². The largest absolute Gasteiger partial charge is 0.396 e. The van der Waals surface area contributed by atoms with Crippen LogP contribution in [-0.4, -0.2) is 56.5 Å². The summed E-state index contributed by atoms with van der Waals surface area (Å²) in [5, 5.41) is 19.1. The van der Waals surface area contributed by atoms with E-state index in [0.717, 1.165) is 12.8 Å². The number of carbonyl (C=O) groups is 2. The number of nitrogens with zero attached hydrogens (tertiary/aromatic N) is 4. The molecule has 0 atom stereocenters. The van der Waals surface area contributed by atoms with Crippen LogP contribution in [0.1, 0.15) is 19.8 Å². The van der Waals surface area contributed by atoms with Crippen LogP contribution in [0.5, 0.6) is 0 Å². The van der Waals surface area contributed by atoms with Crippen molar-refractivity contribution in [2.24, 2.45) is 5.92 Å². The molecule has 1 fully saturated rings. The second-order valence-corrected chi connectivity index (χ2v) is 4.99. The standard InChI is InChI=1S/C12H19N5O3/c1-9(19)13-11-6-17(15-14-11)7-12(20)16-4-2-10(8-18)3-5-16/h6,10,18H,2-5,7-8H2,1H3,(H,13,19). The zero-order chi connectivity index (χ0) is 14.5. The van der Waals surface area contributed by atoms with E-state index in [1.165, 1.54) is 17.8 Å². The molecule has 8 heteroatoms. The van der Waals surface area contributed by atoms with Crippen molar-refractivity contribution in [3.8, 4) is 0 Å². The molecule has 1 saturated heterocycles. The second-order valence-electron chi connectivity index (χ2n) is 4.99. The molecular formula is C12H19N5O3. The fourth-order valence-corrected chi connectivity index (χ4v) is 2.22. The van der Waals surface area contributed by atoms with Crippen LogP contribution in [-0.2, 0) is 16.1 Å². The third-order valence-corrected chi connectivity index (χ3v) is 3.37. The van der Waals surface area contributed by atoms with Gasteiger partial charge >= 0.3 is 0 Å². The predicted octanol–water partition coefficient (Wildman–Crippen LogP) is -0.533. The summed E-state index contributed by atoms with van der Waals surface area (Å²) in [6, 6.07) is 0. The number of aliphatic hydroxyl groups is 1. The zero-order valence-electron chi connectivity index (χ0n) is 11.4. The summed E-state index contributed by atoms with van der Waals surface area (Å²) in [7, 11) is 0. The molecule has 0 aliphatic carbocycles. The molecule has 8 nitrogen and oxygen atoms in total. The Labute approximate surface area is 116 Å². The van der Waals surface area contributed by atoms with Crippen molar-refractivity contribution in [3.63, 3.8) is 0 Å². The van der Waals surface area contributed by atoms with E-state index in [1.54, 1.807) is 4.90 Å². The number of likely N-dealkylation sites (tertiary alicyclic amines) is 1. The molecule has 0 spiro atoms. The number of aliphatic hydroxyl groups excluding tert-OH is 1. The topological polar surface area (TPSA) is 100 Å². The Balaban J connectivity index is 1.85. The number of anilines is 1. The smallest absolute Gasteiger partial charge is 0.244 e. The minimum Gasteiger partial charge on any atom is -0.396 e. The van der Waals surface area contributed by atoms with Crippen LogP contribution in [0.25, 0.3) is 0 Å². The molecule has 2 heterocycles. The third kappa shape index (κ3) is 3.77. The molecule has 0 bridgehead atoms. The average Bonchev–Trinajstić information content (AvgIpc) is 2.85. The lowest BCUT2D eigenvalue weighted by Crippen LogP contribution is -2.40. The zero-order valence-corrected chi connectivity index (χ0v) is 11.4. The summed E-state index contributed by atoms with van der Waals surface area (Å²) in [6.45, 7) is 3.01. The molecule has 20 heavy (non-hydrogen) atoms. The molecule has 110 valence electrons. The number of carbonyl (C=O) groups excluding carboxylic acids is 2. The maximum absolute atomic E-state index is 12.1. The van der Waals surface area contributed by atoms with E-state index in [-0.39, 0.29) is 25.0 Å². The van der Waals surface area contributed by atoms with E-state index < -0.39 is 0 Å². The van der Waals surface area contributed by atoms with Gasteiger partial charge in [-0.05, 0) is 18.8 Å². The highest BCUT2D eigenvalue weighted by molar-refractivity contribution is 5.87. The number of nitrogens with one attached hydrogen (secondary N) is 1. The second kappa shape index (κ2) is 6.47. The van der Waals surface area contributed by atoms with Crippen molar-refractivity contribution >= 4 is 17.6 Å². The Bertz CT molecular complexity index is 479. The average molecular weight is 281 g/mol. The molecule has 2 N–H and O–H groups in total. The molecule has 1 aliphatic rings. The van der Waals surface area contributed by atoms with Crippen LogP contribution in [0.3, 0.4) is 0 Å². The van der Waals surface area contributed by atoms with Crippen molar-refractivity contribution in [2.45, 2.75) is 26.3 Å². The number of aromatic nitrogens is 3. The van der Waals surface area contributed by atoms with Crippen molar-refractivity contribution in [3.05, 3.63) is 6.20 Å². The minimum absolute atomic E-state index is 0.0272. The summed E-state index contributed by atoms with van der Waals surface area (Å²) in [5.41, 5.74) is 0. The van der Waals surface area contributed by atoms with Gasteiger partial charge in [-0.3, -0.25) is 9.59 Å². The van der Waals surface area contributed by atoms with Gasteiger partial charge in [0.15, 0.2) is 5.82 Å². The number of piperidine rings is 1. The Morgan fingerprint density at radius 3 is 2.75 bits per heavy atom. The van der Waals surface area contributed by atoms with Gasteiger partial charge < -0.3 is 15.3 Å². The molecule has 2 rings (SSSR count). The van der Waals surface area contributed by atoms with E-state index in [0.29, 0.717) is 24.8 Å². The Kier molecular flexibility index (Phi) is 4.67. The first-order valence-electron chi connectivity index (χ1n) is 6.65. The minimum atomic E-state index is -0.227. The molecule has 1 aromatic heterocycles. The SMILES string of the molecule is CC(=O)Nc1cn(CC(=O)N2CCC(CO)CC2)nn1. The fourth-order valence-electron chi connectivity index (χ4n) is 2.22. The molecule has 1 aliphatic heterocycles. The lowest BCUT2D eigenvalue weighted by molar-refractivity contribution is -0.133. The van der Waals surface area contributed by atoms with Gasteiger partial charge in [0.25, 0.3) is 0 Å².